The number of hydrogen-bond donors (Lipinski definition) is 0. The minimum absolute atomic E-state index is 0. The second-order valence-corrected chi connectivity index (χ2v) is 5.42. The van der Waals surface area contributed by atoms with Crippen LogP contribution in [0.25, 0.3) is 0 Å². The van der Waals surface area contributed by atoms with Crippen molar-refractivity contribution in [1.29, 1.82) is 0 Å². The van der Waals surface area contributed by atoms with Crippen molar-refractivity contribution in [3.63, 3.8) is 0 Å². The van der Waals surface area contributed by atoms with Gasteiger partial charge in [0.15, 0.2) is 0 Å². The molecule has 1 rings (SSSR count). The SMILES string of the molecule is C.C/C=C(C)/C(C)=C/C.CC1=C(C)CC(C)=C(C)C1.[C-]#[O+].[C-]#[O+].[C-]#[O+].[C-]#[O+].[C-]#[O+].[C-]#[O+].[CH3-].[CH3-].[Fe].[Fe]. The Morgan fingerprint density at radius 2 is 0.629 bits per heavy atom. The topological polar surface area (TPSA) is 119 Å². The molecule has 0 aromatic rings. The standard InChI is InChI=1S/C10H16.C8H14.6CO.CH4.2CH3.2Fe/c1-7-5-9(3)10(4)6-8(7)2;1-5-7(3)8(4)6-2;6*1-2;;;;;/h5-6H2,1-4H3;5-6H,1-4H3;;;;;;;1H4;2*1H3;;/q;;;;;;;;;2*-1;;/b;7-5+,8-6+;;;;;;;;;;;. The van der Waals surface area contributed by atoms with Crippen LogP contribution in [0.3, 0.4) is 0 Å². The second-order valence-electron chi connectivity index (χ2n) is 5.42. The fourth-order valence-corrected chi connectivity index (χ4v) is 1.85. The zero-order valence-corrected chi connectivity index (χ0v) is 23.9. The van der Waals surface area contributed by atoms with Crippen molar-refractivity contribution in [3.05, 3.63) is 100 Å². The van der Waals surface area contributed by atoms with E-state index in [1.54, 1.807) is 22.3 Å². The molecule has 6 nitrogen and oxygen atoms in total. The van der Waals surface area contributed by atoms with Gasteiger partial charge in [0.05, 0.1) is 0 Å². The third-order valence-electron chi connectivity index (χ3n) is 4.01. The third kappa shape index (κ3) is 59.7. The van der Waals surface area contributed by atoms with E-state index in [9.17, 15) is 0 Å². The van der Waals surface area contributed by atoms with E-state index >= 15 is 0 Å². The van der Waals surface area contributed by atoms with Gasteiger partial charge in [-0.1, -0.05) is 53.0 Å². The third-order valence-corrected chi connectivity index (χ3v) is 4.01. The fraction of sp³-hybridized carbons (Fsp3) is 0.407. The van der Waals surface area contributed by atoms with E-state index in [4.69, 9.17) is 27.9 Å². The van der Waals surface area contributed by atoms with Crippen molar-refractivity contribution < 1.29 is 62.1 Å². The predicted octanol–water partition coefficient (Wildman–Crippen LogP) is 7.68. The maximum Gasteiger partial charge on any atom is 0 e. The Bertz CT molecular complexity index is 550. The summed E-state index contributed by atoms with van der Waals surface area (Å²) >= 11 is 0. The zero-order valence-electron chi connectivity index (χ0n) is 21.7. The van der Waals surface area contributed by atoms with Gasteiger partial charge in [-0.2, -0.15) is 0 Å². The van der Waals surface area contributed by atoms with Gasteiger partial charge in [0.2, 0.25) is 0 Å². The normalized spacial score (nSPS) is 9.49. The predicted molar refractivity (Wildman–Crippen MR) is 128 cm³/mol. The Labute approximate surface area is 237 Å². The molecule has 0 unspecified atom stereocenters. The molecule has 0 saturated carbocycles. The first-order valence-electron chi connectivity index (χ1n) is 8.12. The quantitative estimate of drug-likeness (QED) is 0.101. The molecule has 0 fully saturated rings. The minimum Gasteiger partial charge on any atom is -0.358 e. The van der Waals surface area contributed by atoms with Crippen LogP contribution in [-0.4, -0.2) is 0 Å². The smallest absolute Gasteiger partial charge is 0 e. The Hall–Kier alpha value is -1.56. The molecule has 0 heterocycles. The van der Waals surface area contributed by atoms with Crippen molar-refractivity contribution in [3.8, 4) is 0 Å². The van der Waals surface area contributed by atoms with Crippen LogP contribution in [-0.2, 0) is 62.1 Å². The summed E-state index contributed by atoms with van der Waals surface area (Å²) in [5, 5.41) is 0. The van der Waals surface area contributed by atoms with E-state index in [2.05, 4.69) is 107 Å². The average Bonchev–Trinajstić information content (AvgIpc) is 2.85. The summed E-state index contributed by atoms with van der Waals surface area (Å²) in [7, 11) is 0. The van der Waals surface area contributed by atoms with Gasteiger partial charge < -0.3 is 14.9 Å². The Kier molecular flexibility index (Phi) is 168. The maximum atomic E-state index is 7.50. The summed E-state index contributed by atoms with van der Waals surface area (Å²) in [5.41, 5.74) is 9.03. The van der Waals surface area contributed by atoms with Crippen LogP contribution in [0.15, 0.2) is 45.6 Å². The minimum atomic E-state index is 0. The number of allylic oxidation sites excluding steroid dienone is 8. The molecular weight excluding hydrogens is 532 g/mol. The van der Waals surface area contributed by atoms with Gasteiger partial charge in [0.1, 0.15) is 0 Å². The summed E-state index contributed by atoms with van der Waals surface area (Å²) in [4.78, 5) is 0. The molecule has 0 radical (unpaired) electrons. The van der Waals surface area contributed by atoms with Gasteiger partial charge >= 0.3 is 67.8 Å². The monoisotopic (exact) mass is 572 g/mol. The van der Waals surface area contributed by atoms with Gasteiger partial charge in [0, 0.05) is 34.1 Å². The molecule has 1 aliphatic carbocycles. The maximum absolute atomic E-state index is 7.50. The van der Waals surface area contributed by atoms with Crippen LogP contribution >= 0.6 is 0 Å². The van der Waals surface area contributed by atoms with E-state index in [0.717, 1.165) is 0 Å². The Morgan fingerprint density at radius 3 is 0.714 bits per heavy atom. The van der Waals surface area contributed by atoms with Crippen molar-refractivity contribution in [2.45, 2.75) is 75.7 Å². The fourth-order valence-electron chi connectivity index (χ4n) is 1.85. The first-order chi connectivity index (χ1) is 14.3. The van der Waals surface area contributed by atoms with Gasteiger partial charge in [-0.25, -0.2) is 0 Å². The summed E-state index contributed by atoms with van der Waals surface area (Å²) in [6.45, 7) is 44.3. The molecule has 0 aromatic heterocycles. The van der Waals surface area contributed by atoms with Crippen molar-refractivity contribution in [1.82, 2.24) is 0 Å². The zero-order chi connectivity index (χ0) is 26.3. The Balaban J connectivity index is -0.0000000193. The molecular formula is C27H40Fe2O6-2. The molecule has 8 heteroatoms. The van der Waals surface area contributed by atoms with Crippen molar-refractivity contribution in [2.75, 3.05) is 0 Å². The molecule has 0 aliphatic heterocycles. The van der Waals surface area contributed by atoms with Crippen LogP contribution in [0.4, 0.5) is 0 Å². The number of rotatable bonds is 1. The first kappa shape index (κ1) is 76.6. The molecule has 0 atom stereocenters. The van der Waals surface area contributed by atoms with Gasteiger partial charge in [0.25, 0.3) is 0 Å². The summed E-state index contributed by atoms with van der Waals surface area (Å²) < 4.78 is 45.0. The van der Waals surface area contributed by atoms with Gasteiger partial charge in [-0.15, -0.1) is 0 Å². The van der Waals surface area contributed by atoms with Crippen LogP contribution in [0.1, 0.15) is 75.7 Å². The largest absolute Gasteiger partial charge is 0.358 e. The summed E-state index contributed by atoms with van der Waals surface area (Å²) in [6.07, 6.45) is 6.65. The summed E-state index contributed by atoms with van der Waals surface area (Å²) in [5.74, 6) is 0. The average molecular weight is 572 g/mol. The van der Waals surface area contributed by atoms with Crippen LogP contribution in [0, 0.1) is 54.8 Å². The molecule has 1 aliphatic rings. The number of hydrogen-bond acceptors (Lipinski definition) is 0. The van der Waals surface area contributed by atoms with Crippen LogP contribution in [0.5, 0.6) is 0 Å². The molecule has 0 aromatic carbocycles. The van der Waals surface area contributed by atoms with E-state index in [-0.39, 0.29) is 56.4 Å². The van der Waals surface area contributed by atoms with E-state index in [1.807, 2.05) is 0 Å². The van der Waals surface area contributed by atoms with Gasteiger partial charge in [-0.05, 0) is 68.2 Å². The molecule has 0 spiro atoms. The van der Waals surface area contributed by atoms with E-state index in [0.29, 0.717) is 0 Å². The molecule has 0 N–H and O–H groups in total. The van der Waals surface area contributed by atoms with Crippen molar-refractivity contribution in [2.24, 2.45) is 0 Å². The van der Waals surface area contributed by atoms with Crippen molar-refractivity contribution >= 4 is 0 Å². The van der Waals surface area contributed by atoms with Crippen LogP contribution < -0.4 is 0 Å². The molecule has 35 heavy (non-hydrogen) atoms. The van der Waals surface area contributed by atoms with Gasteiger partial charge in [-0.3, -0.25) is 0 Å². The second kappa shape index (κ2) is 76.8. The Morgan fingerprint density at radius 1 is 0.514 bits per heavy atom. The molecule has 202 valence electrons. The molecule has 0 bridgehead atoms. The molecule has 0 saturated heterocycles. The van der Waals surface area contributed by atoms with Crippen LogP contribution in [0.2, 0.25) is 0 Å². The first-order valence-corrected chi connectivity index (χ1v) is 8.12. The summed E-state index contributed by atoms with van der Waals surface area (Å²) in [6, 6.07) is 0. The molecule has 0 amide bonds. The van der Waals surface area contributed by atoms with E-state index < -0.39 is 0 Å². The van der Waals surface area contributed by atoms with E-state index in [1.165, 1.54) is 24.0 Å².